The molecule has 0 amide bonds. The molecule has 0 aliphatic heterocycles. The van der Waals surface area contributed by atoms with Gasteiger partial charge >= 0.3 is 0 Å². The predicted molar refractivity (Wildman–Crippen MR) is 281 cm³/mol. The van der Waals surface area contributed by atoms with Gasteiger partial charge in [-0.1, -0.05) is 202 Å². The van der Waals surface area contributed by atoms with Crippen LogP contribution in [-0.4, -0.2) is 0 Å². The molecule has 0 fully saturated rings. The van der Waals surface area contributed by atoms with Crippen LogP contribution in [0.1, 0.15) is 75.9 Å². The van der Waals surface area contributed by atoms with Gasteiger partial charge in [-0.2, -0.15) is 0 Å². The van der Waals surface area contributed by atoms with Crippen LogP contribution in [0.5, 0.6) is 0 Å². The number of aryl methyl sites for hydroxylation is 1. The monoisotopic (exact) mass is 865 g/mol. The Morgan fingerprint density at radius 1 is 0.324 bits per heavy atom. The molecule has 0 radical (unpaired) electrons. The molecule has 5 aliphatic carbocycles. The molecule has 1 atom stereocenters. The molecule has 15 rings (SSSR count). The average Bonchev–Trinajstić information content (AvgIpc) is 4.15. The summed E-state index contributed by atoms with van der Waals surface area (Å²) < 4.78 is 0. The van der Waals surface area contributed by atoms with Gasteiger partial charge in [0.05, 0.1) is 5.41 Å². The van der Waals surface area contributed by atoms with Gasteiger partial charge in [-0.3, -0.25) is 0 Å². The minimum atomic E-state index is -0.445. The first-order chi connectivity index (χ1) is 33.5. The van der Waals surface area contributed by atoms with E-state index in [9.17, 15) is 0 Å². The Hall–Kier alpha value is -8.00. The molecular weight excluding hydrogens is 819 g/mol. The summed E-state index contributed by atoms with van der Waals surface area (Å²) in [6.07, 6.45) is 2.13. The van der Waals surface area contributed by atoms with Crippen molar-refractivity contribution in [3.05, 3.63) is 280 Å². The Bertz CT molecular complexity index is 3730. The fraction of sp³-hybridized carbons (Fsp3) is 0.104. The highest BCUT2D eigenvalue weighted by Crippen LogP contribution is 2.64. The molecule has 1 unspecified atom stereocenters. The zero-order valence-electron chi connectivity index (χ0n) is 38.2. The number of fused-ring (bicyclic) bond motifs is 20. The molecule has 2 spiro atoms. The van der Waals surface area contributed by atoms with Crippen molar-refractivity contribution in [3.63, 3.8) is 0 Å². The maximum absolute atomic E-state index is 2.55. The van der Waals surface area contributed by atoms with Gasteiger partial charge in [0.15, 0.2) is 0 Å². The van der Waals surface area contributed by atoms with Crippen LogP contribution < -0.4 is 4.90 Å². The van der Waals surface area contributed by atoms with Gasteiger partial charge in [-0.25, -0.2) is 0 Å². The van der Waals surface area contributed by atoms with Gasteiger partial charge in [0.25, 0.3) is 0 Å². The third-order valence-corrected chi connectivity index (χ3v) is 16.9. The maximum atomic E-state index is 2.55. The zero-order valence-corrected chi connectivity index (χ0v) is 38.2. The van der Waals surface area contributed by atoms with Gasteiger partial charge < -0.3 is 4.90 Å². The van der Waals surface area contributed by atoms with Crippen molar-refractivity contribution in [2.75, 3.05) is 4.90 Å². The average molecular weight is 866 g/mol. The van der Waals surface area contributed by atoms with Crippen molar-refractivity contribution in [3.8, 4) is 55.6 Å². The molecule has 0 heterocycles. The van der Waals surface area contributed by atoms with Gasteiger partial charge in [-0.05, 0) is 161 Å². The summed E-state index contributed by atoms with van der Waals surface area (Å²) in [5, 5.41) is 0. The number of benzene rings is 10. The predicted octanol–water partition coefficient (Wildman–Crippen LogP) is 16.7. The summed E-state index contributed by atoms with van der Waals surface area (Å²) in [7, 11) is 0. The normalized spacial score (nSPS) is 17.1. The van der Waals surface area contributed by atoms with Crippen LogP contribution >= 0.6 is 0 Å². The molecule has 1 nitrogen and oxygen atoms in total. The molecule has 10 aromatic rings. The van der Waals surface area contributed by atoms with E-state index in [1.165, 1.54) is 117 Å². The highest BCUT2D eigenvalue weighted by molar-refractivity contribution is 5.97. The van der Waals surface area contributed by atoms with Crippen LogP contribution in [0.3, 0.4) is 0 Å². The molecule has 10 aromatic carbocycles. The summed E-state index contributed by atoms with van der Waals surface area (Å²) in [6.45, 7) is 4.78. The Kier molecular flexibility index (Phi) is 7.60. The van der Waals surface area contributed by atoms with Crippen LogP contribution in [-0.2, 0) is 22.7 Å². The topological polar surface area (TPSA) is 3.24 Å². The lowest BCUT2D eigenvalue weighted by Gasteiger charge is -2.33. The first-order valence-corrected chi connectivity index (χ1v) is 24.4. The second-order valence-corrected chi connectivity index (χ2v) is 20.2. The number of nitrogens with zero attached hydrogens (tertiary/aromatic N) is 1. The fourth-order valence-electron chi connectivity index (χ4n) is 14.2. The number of hydrogen-bond donors (Lipinski definition) is 0. The van der Waals surface area contributed by atoms with Gasteiger partial charge in [0, 0.05) is 27.9 Å². The van der Waals surface area contributed by atoms with Crippen LogP contribution in [0.25, 0.3) is 55.6 Å². The summed E-state index contributed by atoms with van der Waals surface area (Å²) in [4.78, 5) is 2.54. The van der Waals surface area contributed by atoms with Gasteiger partial charge in [0.1, 0.15) is 0 Å². The lowest BCUT2D eigenvalue weighted by Crippen LogP contribution is -2.26. The first-order valence-electron chi connectivity index (χ1n) is 24.4. The molecule has 0 bridgehead atoms. The van der Waals surface area contributed by atoms with Crippen LogP contribution in [0.4, 0.5) is 17.1 Å². The number of hydrogen-bond acceptors (Lipinski definition) is 1. The highest BCUT2D eigenvalue weighted by Gasteiger charge is 2.52. The minimum Gasteiger partial charge on any atom is -0.310 e. The second kappa shape index (κ2) is 13.6. The Morgan fingerprint density at radius 3 is 1.37 bits per heavy atom. The molecule has 1 heteroatoms. The maximum Gasteiger partial charge on any atom is 0.0726 e. The van der Waals surface area contributed by atoms with E-state index in [0.29, 0.717) is 0 Å². The van der Waals surface area contributed by atoms with E-state index in [1.807, 2.05) is 0 Å². The standard InChI is InChI=1S/C67H47N/c1-65(2)57-25-10-4-21-52(57)55-23-15-22-47(64(55)65)42-30-32-44(33-31-42)68(45-34-36-53-48-17-5-11-26-58(48)66(62(53)40-45)39-38-43-16-3-9-24-56(43)66)46-35-37-54-51-20-8-14-29-61(51)67(63(54)41-46)59-27-12-6-18-49(59)50-19-7-13-28-60(50)67/h3-37,40-41H,38-39H2,1-2H3. The van der Waals surface area contributed by atoms with E-state index in [2.05, 4.69) is 243 Å². The Morgan fingerprint density at radius 2 is 0.750 bits per heavy atom. The third kappa shape index (κ3) is 4.71. The quantitative estimate of drug-likeness (QED) is 0.170. The van der Waals surface area contributed by atoms with E-state index in [4.69, 9.17) is 0 Å². The van der Waals surface area contributed by atoms with Gasteiger partial charge in [-0.15, -0.1) is 0 Å². The summed E-state index contributed by atoms with van der Waals surface area (Å²) in [5.41, 5.74) is 29.9. The minimum absolute atomic E-state index is 0.112. The van der Waals surface area contributed by atoms with Gasteiger partial charge in [0.2, 0.25) is 0 Å². The molecule has 5 aliphatic rings. The van der Waals surface area contributed by atoms with E-state index < -0.39 is 5.41 Å². The molecule has 0 N–H and O–H groups in total. The van der Waals surface area contributed by atoms with Crippen LogP contribution in [0.15, 0.2) is 224 Å². The zero-order chi connectivity index (χ0) is 44.9. The van der Waals surface area contributed by atoms with Crippen molar-refractivity contribution in [1.29, 1.82) is 0 Å². The lowest BCUT2D eigenvalue weighted by atomic mass is 9.70. The summed E-state index contributed by atoms with van der Waals surface area (Å²) >= 11 is 0. The first kappa shape index (κ1) is 38.1. The van der Waals surface area contributed by atoms with Crippen molar-refractivity contribution in [2.24, 2.45) is 0 Å². The van der Waals surface area contributed by atoms with Crippen molar-refractivity contribution in [2.45, 2.75) is 42.9 Å². The highest BCUT2D eigenvalue weighted by atomic mass is 15.1. The molecule has 0 aromatic heterocycles. The summed E-state index contributed by atoms with van der Waals surface area (Å²) in [6, 6.07) is 85.7. The smallest absolute Gasteiger partial charge is 0.0726 e. The van der Waals surface area contributed by atoms with Crippen LogP contribution in [0.2, 0.25) is 0 Å². The van der Waals surface area contributed by atoms with E-state index in [0.717, 1.165) is 24.2 Å². The van der Waals surface area contributed by atoms with Crippen molar-refractivity contribution >= 4 is 17.1 Å². The van der Waals surface area contributed by atoms with E-state index in [1.54, 1.807) is 0 Å². The largest absolute Gasteiger partial charge is 0.310 e. The van der Waals surface area contributed by atoms with Crippen molar-refractivity contribution < 1.29 is 0 Å². The number of anilines is 3. The molecule has 320 valence electrons. The second-order valence-electron chi connectivity index (χ2n) is 20.2. The SMILES string of the molecule is CC1(C)c2ccccc2-c2cccc(-c3ccc(N(c4ccc5c(c4)C4(CCc6ccccc64)c4ccccc4-5)c4ccc5c(c4)C4(c6ccccc6-c6ccccc64)c4ccccc4-5)cc3)c21. The third-order valence-electron chi connectivity index (χ3n) is 16.9. The number of rotatable bonds is 4. The lowest BCUT2D eigenvalue weighted by molar-refractivity contribution is 0.626. The van der Waals surface area contributed by atoms with Crippen molar-refractivity contribution in [1.82, 2.24) is 0 Å². The Labute approximate surface area is 398 Å². The van der Waals surface area contributed by atoms with E-state index >= 15 is 0 Å². The molecule has 0 saturated heterocycles. The molecule has 0 saturated carbocycles. The molecular formula is C67H47N. The summed E-state index contributed by atoms with van der Waals surface area (Å²) in [5.74, 6) is 0. The van der Waals surface area contributed by atoms with E-state index in [-0.39, 0.29) is 10.8 Å². The Balaban J connectivity index is 0.956. The molecule has 68 heavy (non-hydrogen) atoms. The van der Waals surface area contributed by atoms with Crippen LogP contribution in [0, 0.1) is 0 Å². The fourth-order valence-corrected chi connectivity index (χ4v) is 14.2.